The van der Waals surface area contributed by atoms with Crippen LogP contribution in [0.4, 0.5) is 4.39 Å². The van der Waals surface area contributed by atoms with E-state index in [4.69, 9.17) is 0 Å². The van der Waals surface area contributed by atoms with Gasteiger partial charge in [-0.25, -0.2) is 4.39 Å². The Morgan fingerprint density at radius 3 is 2.71 bits per heavy atom. The van der Waals surface area contributed by atoms with E-state index in [1.807, 2.05) is 49.4 Å². The van der Waals surface area contributed by atoms with E-state index >= 15 is 4.39 Å². The first kappa shape index (κ1) is 26.0. The van der Waals surface area contributed by atoms with E-state index < -0.39 is 5.82 Å². The highest BCUT2D eigenvalue weighted by Gasteiger charge is 2.24. The predicted octanol–water partition coefficient (Wildman–Crippen LogP) is 5.81. The highest BCUT2D eigenvalue weighted by atomic mass is 32.1. The first-order valence-electron chi connectivity index (χ1n) is 12.9. The van der Waals surface area contributed by atoms with Gasteiger partial charge >= 0.3 is 0 Å². The van der Waals surface area contributed by atoms with Crippen LogP contribution in [0.5, 0.6) is 0 Å². The predicted molar refractivity (Wildman–Crippen MR) is 150 cm³/mol. The summed E-state index contributed by atoms with van der Waals surface area (Å²) in [7, 11) is 2.06. The lowest BCUT2D eigenvalue weighted by Crippen LogP contribution is -2.43. The van der Waals surface area contributed by atoms with E-state index in [1.54, 1.807) is 23.8 Å². The van der Waals surface area contributed by atoms with E-state index in [0.29, 0.717) is 23.1 Å². The number of benzene rings is 2. The van der Waals surface area contributed by atoms with Gasteiger partial charge in [0.1, 0.15) is 4.88 Å². The molecule has 6 nitrogen and oxygen atoms in total. The first-order chi connectivity index (χ1) is 18.4. The van der Waals surface area contributed by atoms with E-state index in [-0.39, 0.29) is 28.8 Å². The molecule has 2 aromatic heterocycles. The Morgan fingerprint density at radius 2 is 1.92 bits per heavy atom. The van der Waals surface area contributed by atoms with Crippen molar-refractivity contribution in [1.29, 1.82) is 0 Å². The molecule has 4 aromatic rings. The Hall–Kier alpha value is -3.62. The van der Waals surface area contributed by atoms with Gasteiger partial charge in [-0.3, -0.25) is 14.6 Å². The number of carbonyl (C=O) groups is 2. The van der Waals surface area contributed by atoms with E-state index in [0.717, 1.165) is 53.6 Å². The lowest BCUT2D eigenvalue weighted by molar-refractivity contribution is 0.0914. The number of halogens is 1. The number of hydrogen-bond acceptors (Lipinski definition) is 5. The zero-order valence-corrected chi connectivity index (χ0v) is 22.4. The molecule has 2 amide bonds. The van der Waals surface area contributed by atoms with Crippen molar-refractivity contribution in [2.24, 2.45) is 0 Å². The van der Waals surface area contributed by atoms with Crippen LogP contribution in [0.3, 0.4) is 0 Å². The number of fused-ring (bicyclic) bond motifs is 1. The van der Waals surface area contributed by atoms with Crippen LogP contribution in [0.1, 0.15) is 57.8 Å². The van der Waals surface area contributed by atoms with Crippen molar-refractivity contribution in [1.82, 2.24) is 20.5 Å². The zero-order valence-electron chi connectivity index (χ0n) is 21.5. The summed E-state index contributed by atoms with van der Waals surface area (Å²) in [4.78, 5) is 32.3. The van der Waals surface area contributed by atoms with Gasteiger partial charge < -0.3 is 15.5 Å². The second kappa shape index (κ2) is 11.4. The van der Waals surface area contributed by atoms with Gasteiger partial charge in [0.25, 0.3) is 11.8 Å². The Labute approximate surface area is 225 Å². The first-order valence-corrected chi connectivity index (χ1v) is 13.8. The number of rotatable bonds is 7. The Balaban J connectivity index is 1.31. The molecule has 0 aliphatic carbocycles. The van der Waals surface area contributed by atoms with Crippen LogP contribution >= 0.6 is 11.3 Å². The SMILES string of the molecule is CCC(NC(=O)c1ccc2cnccc2c1)c1cccc(-c2csc(C(=O)NC3CCN(C)CC3)c2F)c1. The van der Waals surface area contributed by atoms with Crippen molar-refractivity contribution >= 4 is 33.9 Å². The molecule has 5 rings (SSSR count). The minimum Gasteiger partial charge on any atom is -0.348 e. The van der Waals surface area contributed by atoms with Crippen molar-refractivity contribution in [2.45, 2.75) is 38.3 Å². The zero-order chi connectivity index (χ0) is 26.6. The van der Waals surface area contributed by atoms with Crippen molar-refractivity contribution in [2.75, 3.05) is 20.1 Å². The molecule has 0 bridgehead atoms. The normalized spacial score (nSPS) is 15.3. The van der Waals surface area contributed by atoms with E-state index in [9.17, 15) is 9.59 Å². The monoisotopic (exact) mass is 530 g/mol. The summed E-state index contributed by atoms with van der Waals surface area (Å²) in [6.07, 6.45) is 5.88. The summed E-state index contributed by atoms with van der Waals surface area (Å²) in [6, 6.07) is 14.8. The largest absolute Gasteiger partial charge is 0.348 e. The summed E-state index contributed by atoms with van der Waals surface area (Å²) in [5.41, 5.74) is 2.53. The minimum absolute atomic E-state index is 0.0696. The standard InChI is InChI=1S/C30H31FN4O2S/c1-3-26(34-29(36)22-7-8-23-17-32-12-9-19(23)15-22)21-6-4-5-20(16-21)25-18-38-28(27(25)31)30(37)33-24-10-13-35(2)14-11-24/h4-9,12,15-18,24,26H,3,10-11,13-14H2,1-2H3,(H,33,37)(H,34,36). The van der Waals surface area contributed by atoms with Gasteiger partial charge in [0.2, 0.25) is 0 Å². The van der Waals surface area contributed by atoms with Crippen LogP contribution in [-0.2, 0) is 0 Å². The van der Waals surface area contributed by atoms with Crippen LogP contribution < -0.4 is 10.6 Å². The molecule has 0 radical (unpaired) electrons. The molecule has 1 aliphatic heterocycles. The number of nitrogens with zero attached hydrogens (tertiary/aromatic N) is 2. The van der Waals surface area contributed by atoms with E-state index in [1.165, 1.54) is 0 Å². The van der Waals surface area contributed by atoms with Gasteiger partial charge in [-0.2, -0.15) is 0 Å². The van der Waals surface area contributed by atoms with Crippen molar-refractivity contribution in [3.63, 3.8) is 0 Å². The number of hydrogen-bond donors (Lipinski definition) is 2. The fourth-order valence-electron chi connectivity index (χ4n) is 4.91. The Morgan fingerprint density at radius 1 is 1.11 bits per heavy atom. The molecule has 1 fully saturated rings. The number of pyridine rings is 1. The topological polar surface area (TPSA) is 74.3 Å². The molecule has 38 heavy (non-hydrogen) atoms. The van der Waals surface area contributed by atoms with Crippen LogP contribution in [0.15, 0.2) is 66.3 Å². The number of nitrogens with one attached hydrogen (secondary N) is 2. The maximum absolute atomic E-state index is 15.4. The second-order valence-electron chi connectivity index (χ2n) is 9.84. The van der Waals surface area contributed by atoms with Gasteiger partial charge in [0, 0.05) is 40.3 Å². The fourth-order valence-corrected chi connectivity index (χ4v) is 5.76. The Bertz CT molecular complexity index is 1460. The highest BCUT2D eigenvalue weighted by Crippen LogP contribution is 2.32. The summed E-state index contributed by atoms with van der Waals surface area (Å²) in [5, 5.41) is 9.74. The Kier molecular flexibility index (Phi) is 7.81. The number of aromatic nitrogens is 1. The van der Waals surface area contributed by atoms with Gasteiger partial charge in [-0.15, -0.1) is 11.3 Å². The third-order valence-electron chi connectivity index (χ3n) is 7.21. The highest BCUT2D eigenvalue weighted by molar-refractivity contribution is 7.12. The number of amides is 2. The quantitative estimate of drug-likeness (QED) is 0.316. The average molecular weight is 531 g/mol. The number of likely N-dealkylation sites (tertiary alicyclic amines) is 1. The molecule has 8 heteroatoms. The van der Waals surface area contributed by atoms with Gasteiger partial charge in [-0.05, 0) is 80.2 Å². The summed E-state index contributed by atoms with van der Waals surface area (Å²) in [5.74, 6) is -1.02. The number of piperidine rings is 1. The van der Waals surface area contributed by atoms with E-state index in [2.05, 4.69) is 27.6 Å². The van der Waals surface area contributed by atoms with Crippen molar-refractivity contribution in [3.05, 3.63) is 88.1 Å². The molecular weight excluding hydrogens is 499 g/mol. The molecule has 196 valence electrons. The maximum Gasteiger partial charge on any atom is 0.264 e. The van der Waals surface area contributed by atoms with Crippen LogP contribution in [0, 0.1) is 5.82 Å². The van der Waals surface area contributed by atoms with Crippen molar-refractivity contribution in [3.8, 4) is 11.1 Å². The molecule has 1 atom stereocenters. The molecule has 1 saturated heterocycles. The molecule has 0 saturated carbocycles. The average Bonchev–Trinajstić information content (AvgIpc) is 3.34. The summed E-state index contributed by atoms with van der Waals surface area (Å²) >= 11 is 1.13. The fraction of sp³-hybridized carbons (Fsp3) is 0.300. The molecule has 2 N–H and O–H groups in total. The van der Waals surface area contributed by atoms with Gasteiger partial charge in [-0.1, -0.05) is 31.2 Å². The van der Waals surface area contributed by atoms with Crippen LogP contribution in [-0.4, -0.2) is 47.9 Å². The molecular formula is C30H31FN4O2S. The molecule has 3 heterocycles. The molecule has 2 aromatic carbocycles. The number of thiophene rings is 1. The van der Waals surface area contributed by atoms with Crippen LogP contribution in [0.2, 0.25) is 0 Å². The summed E-state index contributed by atoms with van der Waals surface area (Å²) in [6.45, 7) is 3.84. The third-order valence-corrected chi connectivity index (χ3v) is 8.16. The smallest absolute Gasteiger partial charge is 0.264 e. The lowest BCUT2D eigenvalue weighted by Gasteiger charge is -2.29. The maximum atomic E-state index is 15.4. The third kappa shape index (κ3) is 5.61. The van der Waals surface area contributed by atoms with Gasteiger partial charge in [0.05, 0.1) is 6.04 Å². The lowest BCUT2D eigenvalue weighted by atomic mass is 9.98. The number of carbonyl (C=O) groups excluding carboxylic acids is 2. The molecule has 1 aliphatic rings. The summed E-state index contributed by atoms with van der Waals surface area (Å²) < 4.78 is 15.4. The van der Waals surface area contributed by atoms with Crippen molar-refractivity contribution < 1.29 is 14.0 Å². The molecule has 0 spiro atoms. The second-order valence-corrected chi connectivity index (χ2v) is 10.7. The van der Waals surface area contributed by atoms with Crippen LogP contribution in [0.25, 0.3) is 21.9 Å². The van der Waals surface area contributed by atoms with Gasteiger partial charge in [0.15, 0.2) is 5.82 Å². The minimum atomic E-state index is -0.500. The molecule has 1 unspecified atom stereocenters.